The summed E-state index contributed by atoms with van der Waals surface area (Å²) >= 11 is 0. The van der Waals surface area contributed by atoms with E-state index < -0.39 is 17.8 Å². The minimum Gasteiger partial charge on any atom is -0.378 e. The maximum Gasteiger partial charge on any atom is 0.416 e. The van der Waals surface area contributed by atoms with Gasteiger partial charge in [-0.15, -0.1) is 0 Å². The van der Waals surface area contributed by atoms with E-state index in [0.29, 0.717) is 32.7 Å². The Hall–Kier alpha value is -1.60. The number of benzene rings is 1. The van der Waals surface area contributed by atoms with Gasteiger partial charge in [-0.25, -0.2) is 0 Å². The van der Waals surface area contributed by atoms with E-state index in [1.807, 2.05) is 0 Å². The Bertz CT molecular complexity index is 600. The molecule has 2 aliphatic heterocycles. The van der Waals surface area contributed by atoms with Gasteiger partial charge in [0.25, 0.3) is 0 Å². The molecule has 0 saturated carbocycles. The zero-order valence-electron chi connectivity index (χ0n) is 14.0. The Morgan fingerprint density at radius 1 is 1.28 bits per heavy atom. The average molecular weight is 356 g/mol. The van der Waals surface area contributed by atoms with Gasteiger partial charge in [-0.05, 0) is 30.9 Å². The highest BCUT2D eigenvalue weighted by atomic mass is 19.4. The van der Waals surface area contributed by atoms with Crippen molar-refractivity contribution in [2.75, 3.05) is 26.3 Å². The number of amides is 1. The van der Waals surface area contributed by atoms with Crippen LogP contribution in [-0.2, 0) is 15.7 Å². The molecule has 138 valence electrons. The molecule has 1 amide bonds. The van der Waals surface area contributed by atoms with Gasteiger partial charge in [0, 0.05) is 25.6 Å². The normalized spacial score (nSPS) is 25.0. The fourth-order valence-electron chi connectivity index (χ4n) is 3.68. The van der Waals surface area contributed by atoms with Gasteiger partial charge in [0.05, 0.1) is 24.8 Å². The van der Waals surface area contributed by atoms with Crippen molar-refractivity contribution < 1.29 is 22.7 Å². The zero-order valence-corrected chi connectivity index (χ0v) is 14.0. The van der Waals surface area contributed by atoms with E-state index in [2.05, 4.69) is 5.32 Å². The van der Waals surface area contributed by atoms with Crippen molar-refractivity contribution in [2.45, 2.75) is 43.9 Å². The second kappa shape index (κ2) is 7.74. The molecule has 2 saturated heterocycles. The summed E-state index contributed by atoms with van der Waals surface area (Å²) in [7, 11) is 0. The molecule has 2 aliphatic rings. The zero-order chi connectivity index (χ0) is 17.9. The number of carbonyl (C=O) groups excluding carboxylic acids is 1. The quantitative estimate of drug-likeness (QED) is 0.905. The third-order valence-corrected chi connectivity index (χ3v) is 4.87. The molecular weight excluding hydrogens is 333 g/mol. The molecule has 0 aromatic heterocycles. The molecular formula is C18H23F3N2O2. The number of nitrogens with zero attached hydrogens (tertiary/aromatic N) is 1. The van der Waals surface area contributed by atoms with Crippen molar-refractivity contribution in [2.24, 2.45) is 0 Å². The average Bonchev–Trinajstić information content (AvgIpc) is 2.62. The molecule has 1 N–H and O–H groups in total. The minimum atomic E-state index is -4.42. The topological polar surface area (TPSA) is 41.6 Å². The predicted molar refractivity (Wildman–Crippen MR) is 87.0 cm³/mol. The highest BCUT2D eigenvalue weighted by Gasteiger charge is 2.38. The number of likely N-dealkylation sites (tertiary alicyclic amines) is 1. The van der Waals surface area contributed by atoms with Gasteiger partial charge in [-0.1, -0.05) is 18.2 Å². The molecule has 0 bridgehead atoms. The molecule has 25 heavy (non-hydrogen) atoms. The smallest absolute Gasteiger partial charge is 0.378 e. The van der Waals surface area contributed by atoms with Gasteiger partial charge >= 0.3 is 6.18 Å². The summed E-state index contributed by atoms with van der Waals surface area (Å²) in [6.07, 6.45) is -1.95. The maximum atomic E-state index is 13.4. The van der Waals surface area contributed by atoms with Crippen LogP contribution in [0.25, 0.3) is 0 Å². The lowest BCUT2D eigenvalue weighted by atomic mass is 9.91. The number of alkyl halides is 3. The fourth-order valence-corrected chi connectivity index (χ4v) is 3.68. The standard InChI is InChI=1S/C18H23F3N2O2/c19-18(20,21)15-6-2-1-5-14(15)16-7-3-4-9-23(16)17(24)11-13-12-25-10-8-22-13/h1-2,5-6,13,16,22H,3-4,7-12H2. The van der Waals surface area contributed by atoms with Crippen LogP contribution in [0.4, 0.5) is 13.2 Å². The van der Waals surface area contributed by atoms with Crippen LogP contribution < -0.4 is 5.32 Å². The fraction of sp³-hybridized carbons (Fsp3) is 0.611. The van der Waals surface area contributed by atoms with Gasteiger partial charge in [0.1, 0.15) is 0 Å². The molecule has 7 heteroatoms. The highest BCUT2D eigenvalue weighted by Crippen LogP contribution is 2.39. The second-order valence-corrected chi connectivity index (χ2v) is 6.61. The van der Waals surface area contributed by atoms with E-state index >= 15 is 0 Å². The van der Waals surface area contributed by atoms with Crippen LogP contribution in [0, 0.1) is 0 Å². The summed E-state index contributed by atoms with van der Waals surface area (Å²) in [4.78, 5) is 14.4. The lowest BCUT2D eigenvalue weighted by Gasteiger charge is -2.38. The van der Waals surface area contributed by atoms with Gasteiger partial charge in [0.2, 0.25) is 5.91 Å². The van der Waals surface area contributed by atoms with Crippen molar-refractivity contribution in [1.29, 1.82) is 0 Å². The molecule has 0 aliphatic carbocycles. The first kappa shape index (κ1) is 18.2. The summed E-state index contributed by atoms with van der Waals surface area (Å²) in [6.45, 7) is 2.28. The minimum absolute atomic E-state index is 0.0679. The number of ether oxygens (including phenoxy) is 1. The van der Waals surface area contributed by atoms with Crippen LogP contribution in [0.1, 0.15) is 42.9 Å². The highest BCUT2D eigenvalue weighted by molar-refractivity contribution is 5.77. The lowest BCUT2D eigenvalue weighted by Crippen LogP contribution is -2.46. The maximum absolute atomic E-state index is 13.4. The monoisotopic (exact) mass is 356 g/mol. The Morgan fingerprint density at radius 3 is 2.80 bits per heavy atom. The lowest BCUT2D eigenvalue weighted by molar-refractivity contribution is -0.142. The van der Waals surface area contributed by atoms with E-state index in [-0.39, 0.29) is 23.9 Å². The summed E-state index contributed by atoms with van der Waals surface area (Å²) in [5.41, 5.74) is -0.435. The summed E-state index contributed by atoms with van der Waals surface area (Å²) in [5, 5.41) is 3.23. The number of hydrogen-bond donors (Lipinski definition) is 1. The van der Waals surface area contributed by atoms with Crippen molar-refractivity contribution in [3.05, 3.63) is 35.4 Å². The summed E-state index contributed by atoms with van der Waals surface area (Å²) in [5.74, 6) is -0.107. The van der Waals surface area contributed by atoms with Crippen molar-refractivity contribution in [1.82, 2.24) is 10.2 Å². The van der Waals surface area contributed by atoms with Crippen LogP contribution >= 0.6 is 0 Å². The Morgan fingerprint density at radius 2 is 2.08 bits per heavy atom. The van der Waals surface area contributed by atoms with Crippen LogP contribution in [0.2, 0.25) is 0 Å². The number of rotatable bonds is 3. The second-order valence-electron chi connectivity index (χ2n) is 6.61. The van der Waals surface area contributed by atoms with E-state index in [0.717, 1.165) is 18.9 Å². The predicted octanol–water partition coefficient (Wildman–Crippen LogP) is 3.14. The van der Waals surface area contributed by atoms with Gasteiger partial charge < -0.3 is 15.0 Å². The van der Waals surface area contributed by atoms with E-state index in [9.17, 15) is 18.0 Å². The van der Waals surface area contributed by atoms with Crippen molar-refractivity contribution in [3.63, 3.8) is 0 Å². The first-order chi connectivity index (χ1) is 12.0. The molecule has 1 aromatic carbocycles. The number of piperidine rings is 1. The van der Waals surface area contributed by atoms with E-state index in [1.165, 1.54) is 12.1 Å². The van der Waals surface area contributed by atoms with Gasteiger partial charge in [-0.2, -0.15) is 13.2 Å². The molecule has 1 aromatic rings. The molecule has 2 atom stereocenters. The number of hydrogen-bond acceptors (Lipinski definition) is 3. The Balaban J connectivity index is 1.80. The first-order valence-electron chi connectivity index (χ1n) is 8.73. The Labute approximate surface area is 145 Å². The van der Waals surface area contributed by atoms with Crippen LogP contribution in [0.5, 0.6) is 0 Å². The molecule has 4 nitrogen and oxygen atoms in total. The number of carbonyl (C=O) groups is 1. The molecule has 0 spiro atoms. The molecule has 2 unspecified atom stereocenters. The summed E-state index contributed by atoms with van der Waals surface area (Å²) in [6, 6.07) is 5.03. The SMILES string of the molecule is O=C(CC1COCCN1)N1CCCCC1c1ccccc1C(F)(F)F. The Kier molecular flexibility index (Phi) is 5.64. The molecule has 3 rings (SSSR count). The molecule has 0 radical (unpaired) electrons. The van der Waals surface area contributed by atoms with Crippen LogP contribution in [0.15, 0.2) is 24.3 Å². The third-order valence-electron chi connectivity index (χ3n) is 4.87. The first-order valence-corrected chi connectivity index (χ1v) is 8.73. The van der Waals surface area contributed by atoms with E-state index in [4.69, 9.17) is 4.74 Å². The van der Waals surface area contributed by atoms with Gasteiger partial charge in [0.15, 0.2) is 0 Å². The molecule has 2 fully saturated rings. The number of nitrogens with one attached hydrogen (secondary N) is 1. The van der Waals surface area contributed by atoms with Crippen molar-refractivity contribution >= 4 is 5.91 Å². The number of halogens is 3. The largest absolute Gasteiger partial charge is 0.416 e. The van der Waals surface area contributed by atoms with Gasteiger partial charge in [-0.3, -0.25) is 4.79 Å². The van der Waals surface area contributed by atoms with Crippen molar-refractivity contribution in [3.8, 4) is 0 Å². The summed E-state index contributed by atoms with van der Waals surface area (Å²) < 4.78 is 45.5. The molecule has 2 heterocycles. The van der Waals surface area contributed by atoms with Crippen LogP contribution in [0.3, 0.4) is 0 Å². The third kappa shape index (κ3) is 4.33. The van der Waals surface area contributed by atoms with E-state index in [1.54, 1.807) is 11.0 Å². The number of morpholine rings is 1. The van der Waals surface area contributed by atoms with Crippen LogP contribution in [-0.4, -0.2) is 43.2 Å².